The molecule has 0 spiro atoms. The van der Waals surface area contributed by atoms with Crippen molar-refractivity contribution in [3.63, 3.8) is 0 Å². The Labute approximate surface area is 191 Å². The molecule has 1 saturated heterocycles. The first kappa shape index (κ1) is 22.2. The van der Waals surface area contributed by atoms with Crippen LogP contribution in [-0.2, 0) is 16.1 Å². The minimum absolute atomic E-state index is 0.136. The molecule has 1 fully saturated rings. The van der Waals surface area contributed by atoms with Gasteiger partial charge in [-0.1, -0.05) is 0 Å². The summed E-state index contributed by atoms with van der Waals surface area (Å²) in [7, 11) is 3.18. The number of imide groups is 1. The maximum absolute atomic E-state index is 12.7. The van der Waals surface area contributed by atoms with Crippen molar-refractivity contribution in [2.45, 2.75) is 25.4 Å². The van der Waals surface area contributed by atoms with Crippen LogP contribution in [0.3, 0.4) is 0 Å². The highest BCUT2D eigenvalue weighted by Crippen LogP contribution is 2.24. The summed E-state index contributed by atoms with van der Waals surface area (Å²) in [5.74, 6) is 0.893. The topological polar surface area (TPSA) is 102 Å². The van der Waals surface area contributed by atoms with Crippen molar-refractivity contribution in [2.75, 3.05) is 25.7 Å². The quantitative estimate of drug-likeness (QED) is 0.488. The van der Waals surface area contributed by atoms with Crippen molar-refractivity contribution in [3.05, 3.63) is 54.7 Å². The lowest BCUT2D eigenvalue weighted by atomic mass is 10.1. The molecule has 2 aromatic carbocycles. The molecule has 1 aliphatic rings. The minimum Gasteiger partial charge on any atom is -0.497 e. The van der Waals surface area contributed by atoms with Crippen LogP contribution in [0, 0.1) is 0 Å². The van der Waals surface area contributed by atoms with Gasteiger partial charge in [-0.2, -0.15) is 0 Å². The molecule has 9 heteroatoms. The first-order valence-electron chi connectivity index (χ1n) is 10.7. The summed E-state index contributed by atoms with van der Waals surface area (Å²) in [6.07, 6.45) is 2.34. The highest BCUT2D eigenvalue weighted by molar-refractivity contribution is 6.21. The van der Waals surface area contributed by atoms with Crippen molar-refractivity contribution >= 4 is 34.4 Å². The van der Waals surface area contributed by atoms with Gasteiger partial charge >= 0.3 is 6.03 Å². The number of hydrogen-bond donors (Lipinski definition) is 2. The number of aromatic nitrogens is 1. The third-order valence-corrected chi connectivity index (χ3v) is 5.66. The molecule has 0 aliphatic carbocycles. The van der Waals surface area contributed by atoms with Crippen LogP contribution in [0.5, 0.6) is 11.5 Å². The van der Waals surface area contributed by atoms with Gasteiger partial charge in [0.05, 0.1) is 19.9 Å². The highest BCUT2D eigenvalue weighted by atomic mass is 16.5. The second-order valence-corrected chi connectivity index (χ2v) is 7.70. The number of rotatable bonds is 9. The molecule has 2 heterocycles. The zero-order valence-electron chi connectivity index (χ0n) is 18.5. The lowest BCUT2D eigenvalue weighted by Gasteiger charge is -2.13. The summed E-state index contributed by atoms with van der Waals surface area (Å²) in [5, 5.41) is 6.60. The Kier molecular flexibility index (Phi) is 6.48. The number of benzene rings is 2. The highest BCUT2D eigenvalue weighted by Gasteiger charge is 2.38. The maximum atomic E-state index is 12.7. The maximum Gasteiger partial charge on any atom is 0.329 e. The van der Waals surface area contributed by atoms with Crippen LogP contribution in [-0.4, -0.2) is 49.2 Å². The van der Waals surface area contributed by atoms with Crippen LogP contribution >= 0.6 is 0 Å². The van der Waals surface area contributed by atoms with Crippen LogP contribution in [0.15, 0.2) is 54.7 Å². The molecule has 1 aliphatic heterocycles. The second-order valence-electron chi connectivity index (χ2n) is 7.70. The number of fused-ring (bicyclic) bond motifs is 1. The number of methoxy groups -OCH3 is 2. The number of hydrogen-bond acceptors (Lipinski definition) is 5. The Bertz CT molecular complexity index is 1170. The minimum atomic E-state index is -0.728. The van der Waals surface area contributed by atoms with Crippen molar-refractivity contribution in [3.8, 4) is 11.5 Å². The average Bonchev–Trinajstić information content (AvgIpc) is 3.36. The molecule has 0 unspecified atom stereocenters. The fourth-order valence-electron chi connectivity index (χ4n) is 3.88. The van der Waals surface area contributed by atoms with Gasteiger partial charge in [-0.15, -0.1) is 0 Å². The first-order chi connectivity index (χ1) is 16.0. The van der Waals surface area contributed by atoms with E-state index in [9.17, 15) is 14.4 Å². The van der Waals surface area contributed by atoms with Crippen LogP contribution < -0.4 is 25.0 Å². The average molecular weight is 450 g/mol. The van der Waals surface area contributed by atoms with E-state index < -0.39 is 12.1 Å². The number of urea groups is 1. The second kappa shape index (κ2) is 9.64. The molecule has 0 saturated carbocycles. The number of nitrogens with one attached hydrogen (secondary N) is 2. The Balaban J connectivity index is 1.26. The molecular weight excluding hydrogens is 424 g/mol. The SMILES string of the molecule is COc1ccc(N2C(=O)N[C@H](CCC(=O)NCCn3ccc4cc(OC)ccc43)C2=O)cc1. The van der Waals surface area contributed by atoms with Crippen LogP contribution in [0.4, 0.5) is 10.5 Å². The Morgan fingerprint density at radius 2 is 1.76 bits per heavy atom. The fourth-order valence-corrected chi connectivity index (χ4v) is 3.88. The van der Waals surface area contributed by atoms with E-state index >= 15 is 0 Å². The van der Waals surface area contributed by atoms with E-state index in [4.69, 9.17) is 9.47 Å². The first-order valence-corrected chi connectivity index (χ1v) is 10.7. The predicted octanol–water partition coefficient (Wildman–Crippen LogP) is 2.68. The van der Waals surface area contributed by atoms with Crippen molar-refractivity contribution < 1.29 is 23.9 Å². The van der Waals surface area contributed by atoms with Gasteiger partial charge in [0, 0.05) is 36.6 Å². The van der Waals surface area contributed by atoms with E-state index in [-0.39, 0.29) is 24.7 Å². The van der Waals surface area contributed by atoms with Crippen LogP contribution in [0.2, 0.25) is 0 Å². The molecule has 172 valence electrons. The molecule has 1 atom stereocenters. The van der Waals surface area contributed by atoms with E-state index in [1.165, 1.54) is 0 Å². The molecule has 33 heavy (non-hydrogen) atoms. The van der Waals surface area contributed by atoms with Crippen LogP contribution in [0.1, 0.15) is 12.8 Å². The summed E-state index contributed by atoms with van der Waals surface area (Å²) in [5.41, 5.74) is 1.52. The number of carbonyl (C=O) groups is 3. The zero-order valence-corrected chi connectivity index (χ0v) is 18.5. The molecule has 0 bridgehead atoms. The Hall–Kier alpha value is -4.01. The smallest absolute Gasteiger partial charge is 0.329 e. The summed E-state index contributed by atoms with van der Waals surface area (Å²) in [4.78, 5) is 38.4. The van der Waals surface area contributed by atoms with Gasteiger partial charge in [0.15, 0.2) is 0 Å². The zero-order chi connectivity index (χ0) is 23.4. The van der Waals surface area contributed by atoms with Gasteiger partial charge < -0.3 is 24.7 Å². The third kappa shape index (κ3) is 4.77. The van der Waals surface area contributed by atoms with Gasteiger partial charge in [0.1, 0.15) is 17.5 Å². The van der Waals surface area contributed by atoms with E-state index in [2.05, 4.69) is 15.2 Å². The summed E-state index contributed by atoms with van der Waals surface area (Å²) in [6.45, 7) is 1.07. The molecular formula is C24H26N4O5. The van der Waals surface area contributed by atoms with Crippen molar-refractivity contribution in [1.29, 1.82) is 0 Å². The lowest BCUT2D eigenvalue weighted by molar-refractivity contribution is -0.121. The number of ether oxygens (including phenoxy) is 2. The van der Waals surface area contributed by atoms with Crippen LogP contribution in [0.25, 0.3) is 10.9 Å². The molecule has 2 N–H and O–H groups in total. The fraction of sp³-hybridized carbons (Fsp3) is 0.292. The Morgan fingerprint density at radius 3 is 2.48 bits per heavy atom. The summed E-state index contributed by atoms with van der Waals surface area (Å²) < 4.78 is 12.4. The van der Waals surface area contributed by atoms with E-state index in [1.807, 2.05) is 30.5 Å². The van der Waals surface area contributed by atoms with Gasteiger partial charge in [-0.25, -0.2) is 9.69 Å². The monoisotopic (exact) mass is 450 g/mol. The van der Waals surface area contributed by atoms with Crippen molar-refractivity contribution in [2.24, 2.45) is 0 Å². The van der Waals surface area contributed by atoms with Gasteiger partial charge in [-0.05, 0) is 55.0 Å². The van der Waals surface area contributed by atoms with Gasteiger partial charge in [0.25, 0.3) is 5.91 Å². The molecule has 4 rings (SSSR count). The van der Waals surface area contributed by atoms with E-state index in [0.29, 0.717) is 24.5 Å². The largest absolute Gasteiger partial charge is 0.497 e. The Morgan fingerprint density at radius 1 is 1.03 bits per heavy atom. The third-order valence-electron chi connectivity index (χ3n) is 5.66. The number of nitrogens with zero attached hydrogens (tertiary/aromatic N) is 2. The normalized spacial score (nSPS) is 15.6. The number of carbonyl (C=O) groups excluding carboxylic acids is 3. The van der Waals surface area contributed by atoms with E-state index in [0.717, 1.165) is 21.6 Å². The van der Waals surface area contributed by atoms with Crippen molar-refractivity contribution in [1.82, 2.24) is 15.2 Å². The van der Waals surface area contributed by atoms with Gasteiger partial charge in [-0.3, -0.25) is 9.59 Å². The molecule has 9 nitrogen and oxygen atoms in total. The predicted molar refractivity (Wildman–Crippen MR) is 124 cm³/mol. The standard InChI is InChI=1S/C24H26N4O5/c1-32-18-5-3-17(4-6-18)28-23(30)20(26-24(28)31)8-10-22(29)25-12-14-27-13-11-16-15-19(33-2)7-9-21(16)27/h3-7,9,11,13,15,20H,8,10,12,14H2,1-2H3,(H,25,29)(H,26,31)/t20-/m1/s1. The molecule has 3 aromatic rings. The summed E-state index contributed by atoms with van der Waals surface area (Å²) >= 11 is 0. The summed E-state index contributed by atoms with van der Waals surface area (Å²) in [6, 6.07) is 13.3. The number of anilines is 1. The van der Waals surface area contributed by atoms with Gasteiger partial charge in [0.2, 0.25) is 5.91 Å². The molecule has 0 radical (unpaired) electrons. The molecule has 4 amide bonds. The lowest BCUT2D eigenvalue weighted by Crippen LogP contribution is -2.33. The molecule has 1 aromatic heterocycles. The van der Waals surface area contributed by atoms with E-state index in [1.54, 1.807) is 38.5 Å². The number of amides is 4.